The molecule has 0 aromatic rings. The highest BCUT2D eigenvalue weighted by Gasteiger charge is 2.21. The number of nitrogens with one attached hydrogen (secondary N) is 1. The maximum Gasteiger partial charge on any atom is 0.224 e. The molecule has 0 unspecified atom stereocenters. The van der Waals surface area contributed by atoms with Crippen LogP contribution in [0.15, 0.2) is 0 Å². The predicted molar refractivity (Wildman–Crippen MR) is 37.4 cm³/mol. The van der Waals surface area contributed by atoms with Crippen LogP contribution >= 0.6 is 12.4 Å². The van der Waals surface area contributed by atoms with Gasteiger partial charge in [-0.05, 0) is 6.42 Å². The zero-order valence-electron chi connectivity index (χ0n) is 5.09. The molecule has 1 amide bonds. The van der Waals surface area contributed by atoms with Crippen LogP contribution in [0.1, 0.15) is 6.42 Å². The standard InChI is InChI=1S/C5H10N2O.ClH/c6-3-4-1-2-7-5(4)8;/h4H,1-3,6H2,(H,7,8);1H/t4-;/m0./s1. The second-order valence-corrected chi connectivity index (χ2v) is 2.01. The summed E-state index contributed by atoms with van der Waals surface area (Å²) < 4.78 is 0. The lowest BCUT2D eigenvalue weighted by Crippen LogP contribution is -2.24. The van der Waals surface area contributed by atoms with E-state index in [0.717, 1.165) is 13.0 Å². The first-order valence-corrected chi connectivity index (χ1v) is 2.82. The quantitative estimate of drug-likeness (QED) is 0.530. The fraction of sp³-hybridized carbons (Fsp3) is 0.800. The van der Waals surface area contributed by atoms with Crippen molar-refractivity contribution in [2.24, 2.45) is 11.7 Å². The first-order valence-electron chi connectivity index (χ1n) is 2.82. The Kier molecular flexibility index (Phi) is 3.58. The number of nitrogens with two attached hydrogens (primary N) is 1. The number of hydrogen-bond donors (Lipinski definition) is 2. The van der Waals surface area contributed by atoms with Gasteiger partial charge in [0.2, 0.25) is 5.91 Å². The van der Waals surface area contributed by atoms with Gasteiger partial charge in [-0.1, -0.05) is 0 Å². The van der Waals surface area contributed by atoms with Crippen LogP contribution in [0, 0.1) is 5.92 Å². The molecular formula is C5H11ClN2O. The molecule has 0 aromatic heterocycles. The monoisotopic (exact) mass is 150 g/mol. The number of rotatable bonds is 1. The van der Waals surface area contributed by atoms with Crippen molar-refractivity contribution >= 4 is 18.3 Å². The molecule has 9 heavy (non-hydrogen) atoms. The second-order valence-electron chi connectivity index (χ2n) is 2.01. The summed E-state index contributed by atoms with van der Waals surface area (Å²) in [5.41, 5.74) is 5.26. The Balaban J connectivity index is 0.000000640. The molecule has 1 rings (SSSR count). The lowest BCUT2D eigenvalue weighted by molar-refractivity contribution is -0.122. The van der Waals surface area contributed by atoms with Crippen LogP contribution < -0.4 is 11.1 Å². The molecule has 0 saturated carbocycles. The molecular weight excluding hydrogens is 140 g/mol. The summed E-state index contributed by atoms with van der Waals surface area (Å²) in [6.45, 7) is 1.30. The van der Waals surface area contributed by atoms with Crippen molar-refractivity contribution < 1.29 is 4.79 Å². The fourth-order valence-corrected chi connectivity index (χ4v) is 0.870. The third kappa shape index (κ3) is 1.84. The van der Waals surface area contributed by atoms with Gasteiger partial charge < -0.3 is 11.1 Å². The van der Waals surface area contributed by atoms with Crippen molar-refractivity contribution in [3.8, 4) is 0 Å². The van der Waals surface area contributed by atoms with Gasteiger partial charge in [-0.2, -0.15) is 0 Å². The molecule has 1 heterocycles. The van der Waals surface area contributed by atoms with Crippen LogP contribution in [0.2, 0.25) is 0 Å². The largest absolute Gasteiger partial charge is 0.356 e. The summed E-state index contributed by atoms with van der Waals surface area (Å²) in [7, 11) is 0. The van der Waals surface area contributed by atoms with E-state index < -0.39 is 0 Å². The van der Waals surface area contributed by atoms with E-state index >= 15 is 0 Å². The number of carbonyl (C=O) groups is 1. The SMILES string of the molecule is Cl.NC[C@@H]1CCNC1=O. The van der Waals surface area contributed by atoms with Gasteiger partial charge in [-0.3, -0.25) is 4.79 Å². The summed E-state index contributed by atoms with van der Waals surface area (Å²) in [5.74, 6) is 0.211. The molecule has 0 radical (unpaired) electrons. The summed E-state index contributed by atoms with van der Waals surface area (Å²) >= 11 is 0. The molecule has 0 spiro atoms. The Bertz CT molecular complexity index is 107. The molecule has 54 valence electrons. The van der Waals surface area contributed by atoms with Gasteiger partial charge >= 0.3 is 0 Å². The minimum atomic E-state index is 0. The van der Waals surface area contributed by atoms with Gasteiger partial charge in [-0.15, -0.1) is 12.4 Å². The third-order valence-corrected chi connectivity index (χ3v) is 1.45. The minimum Gasteiger partial charge on any atom is -0.356 e. The fourth-order valence-electron chi connectivity index (χ4n) is 0.870. The molecule has 1 fully saturated rings. The highest BCUT2D eigenvalue weighted by atomic mass is 35.5. The van der Waals surface area contributed by atoms with Crippen LogP contribution in [0.25, 0.3) is 0 Å². The van der Waals surface area contributed by atoms with Crippen LogP contribution in [0.3, 0.4) is 0 Å². The lowest BCUT2D eigenvalue weighted by atomic mass is 10.1. The molecule has 3 nitrogen and oxygen atoms in total. The van der Waals surface area contributed by atoms with Gasteiger partial charge in [0, 0.05) is 13.1 Å². The Labute approximate surface area is 60.4 Å². The van der Waals surface area contributed by atoms with Crippen LogP contribution in [-0.4, -0.2) is 19.0 Å². The van der Waals surface area contributed by atoms with Gasteiger partial charge in [0.1, 0.15) is 0 Å². The summed E-state index contributed by atoms with van der Waals surface area (Å²) in [6, 6.07) is 0. The molecule has 1 aliphatic heterocycles. The van der Waals surface area contributed by atoms with Gasteiger partial charge in [0.25, 0.3) is 0 Å². The Hall–Kier alpha value is -0.280. The first-order chi connectivity index (χ1) is 3.84. The van der Waals surface area contributed by atoms with E-state index in [2.05, 4.69) is 5.32 Å². The van der Waals surface area contributed by atoms with Gasteiger partial charge in [0.15, 0.2) is 0 Å². The van der Waals surface area contributed by atoms with E-state index in [0.29, 0.717) is 6.54 Å². The topological polar surface area (TPSA) is 55.1 Å². The van der Waals surface area contributed by atoms with E-state index in [-0.39, 0.29) is 24.2 Å². The minimum absolute atomic E-state index is 0. The van der Waals surface area contributed by atoms with Crippen molar-refractivity contribution in [1.29, 1.82) is 0 Å². The number of hydrogen-bond acceptors (Lipinski definition) is 2. The van der Waals surface area contributed by atoms with E-state index in [1.807, 2.05) is 0 Å². The smallest absolute Gasteiger partial charge is 0.224 e. The predicted octanol–water partition coefficient (Wildman–Crippen LogP) is -0.497. The molecule has 0 aliphatic carbocycles. The molecule has 0 bridgehead atoms. The highest BCUT2D eigenvalue weighted by molar-refractivity contribution is 5.85. The lowest BCUT2D eigenvalue weighted by Gasteiger charge is -1.97. The van der Waals surface area contributed by atoms with Crippen molar-refractivity contribution in [3.05, 3.63) is 0 Å². The first kappa shape index (κ1) is 8.72. The van der Waals surface area contributed by atoms with E-state index in [9.17, 15) is 4.79 Å². The number of amides is 1. The van der Waals surface area contributed by atoms with Crippen LogP contribution in [0.4, 0.5) is 0 Å². The maximum absolute atomic E-state index is 10.6. The molecule has 0 aromatic carbocycles. The average Bonchev–Trinajstić information content (AvgIpc) is 2.14. The normalized spacial score (nSPS) is 25.0. The third-order valence-electron chi connectivity index (χ3n) is 1.45. The Morgan fingerprint density at radius 3 is 2.67 bits per heavy atom. The zero-order valence-corrected chi connectivity index (χ0v) is 5.91. The summed E-state index contributed by atoms with van der Waals surface area (Å²) in [5, 5.41) is 2.70. The molecule has 1 atom stereocenters. The van der Waals surface area contributed by atoms with Crippen LogP contribution in [0.5, 0.6) is 0 Å². The van der Waals surface area contributed by atoms with Crippen molar-refractivity contribution in [3.63, 3.8) is 0 Å². The molecule has 1 aliphatic rings. The molecule has 3 N–H and O–H groups in total. The number of carbonyl (C=O) groups excluding carboxylic acids is 1. The van der Waals surface area contributed by atoms with Crippen molar-refractivity contribution in [2.75, 3.05) is 13.1 Å². The zero-order chi connectivity index (χ0) is 5.98. The summed E-state index contributed by atoms with van der Waals surface area (Å²) in [4.78, 5) is 10.6. The highest BCUT2D eigenvalue weighted by Crippen LogP contribution is 2.05. The van der Waals surface area contributed by atoms with Gasteiger partial charge in [0.05, 0.1) is 5.92 Å². The van der Waals surface area contributed by atoms with E-state index in [4.69, 9.17) is 5.73 Å². The van der Waals surface area contributed by atoms with Crippen molar-refractivity contribution in [1.82, 2.24) is 5.32 Å². The summed E-state index contributed by atoms with van der Waals surface area (Å²) in [6.07, 6.45) is 0.912. The van der Waals surface area contributed by atoms with Crippen molar-refractivity contribution in [2.45, 2.75) is 6.42 Å². The Morgan fingerprint density at radius 1 is 1.78 bits per heavy atom. The van der Waals surface area contributed by atoms with E-state index in [1.54, 1.807) is 0 Å². The molecule has 4 heteroatoms. The molecule has 1 saturated heterocycles. The van der Waals surface area contributed by atoms with Gasteiger partial charge in [-0.25, -0.2) is 0 Å². The van der Waals surface area contributed by atoms with Crippen LogP contribution in [-0.2, 0) is 4.79 Å². The second kappa shape index (κ2) is 3.69. The Morgan fingerprint density at radius 2 is 2.44 bits per heavy atom. The maximum atomic E-state index is 10.6. The van der Waals surface area contributed by atoms with E-state index in [1.165, 1.54) is 0 Å². The number of halogens is 1. The average molecular weight is 151 g/mol.